The molecule has 4 rings (SSSR count). The summed E-state index contributed by atoms with van der Waals surface area (Å²) in [5.74, 6) is 2.36. The third kappa shape index (κ3) is 4.01. The molecule has 0 unspecified atom stereocenters. The molecule has 0 aliphatic carbocycles. The lowest BCUT2D eigenvalue weighted by Crippen LogP contribution is -2.48. The molecule has 142 valence electrons. The van der Waals surface area contributed by atoms with E-state index in [0.29, 0.717) is 36.8 Å². The van der Waals surface area contributed by atoms with Gasteiger partial charge < -0.3 is 19.1 Å². The molecule has 0 saturated carbocycles. The lowest BCUT2D eigenvalue weighted by Gasteiger charge is -2.35. The van der Waals surface area contributed by atoms with E-state index in [2.05, 4.69) is 21.9 Å². The van der Waals surface area contributed by atoms with Crippen LogP contribution in [-0.4, -0.2) is 63.7 Å². The van der Waals surface area contributed by atoms with E-state index in [4.69, 9.17) is 14.2 Å². The fraction of sp³-hybridized carbons (Fsp3) is 0.381. The highest BCUT2D eigenvalue weighted by atomic mass is 16.6. The van der Waals surface area contributed by atoms with E-state index in [-0.39, 0.29) is 5.78 Å². The van der Waals surface area contributed by atoms with E-state index in [1.54, 1.807) is 13.2 Å². The molecule has 0 N–H and O–H groups in total. The molecule has 2 heterocycles. The first-order chi connectivity index (χ1) is 13.2. The summed E-state index contributed by atoms with van der Waals surface area (Å²) in [5, 5.41) is 0. The van der Waals surface area contributed by atoms with Gasteiger partial charge in [-0.3, -0.25) is 9.69 Å². The summed E-state index contributed by atoms with van der Waals surface area (Å²) >= 11 is 0. The van der Waals surface area contributed by atoms with Crippen molar-refractivity contribution >= 4 is 11.5 Å². The fourth-order valence-electron chi connectivity index (χ4n) is 3.47. The number of methoxy groups -OCH3 is 1. The molecule has 6 nitrogen and oxygen atoms in total. The predicted molar refractivity (Wildman–Crippen MR) is 103 cm³/mol. The van der Waals surface area contributed by atoms with Crippen molar-refractivity contribution in [3.63, 3.8) is 0 Å². The Kier molecular flexibility index (Phi) is 5.16. The van der Waals surface area contributed by atoms with Crippen LogP contribution in [0.5, 0.6) is 17.2 Å². The van der Waals surface area contributed by atoms with Gasteiger partial charge in [-0.05, 0) is 42.5 Å². The molecule has 0 radical (unpaired) electrons. The highest BCUT2D eigenvalue weighted by molar-refractivity contribution is 5.98. The molecular weight excluding hydrogens is 344 g/mol. The number of Topliss-reactive ketones (excluding diaryl/α,β-unsaturated/α-hetero) is 1. The van der Waals surface area contributed by atoms with Gasteiger partial charge in [0.15, 0.2) is 17.3 Å². The Bertz CT molecular complexity index is 798. The fourth-order valence-corrected chi connectivity index (χ4v) is 3.47. The molecule has 27 heavy (non-hydrogen) atoms. The van der Waals surface area contributed by atoms with Crippen molar-refractivity contribution in [3.8, 4) is 17.2 Å². The predicted octanol–water partition coefficient (Wildman–Crippen LogP) is 2.47. The Morgan fingerprint density at radius 2 is 1.67 bits per heavy atom. The van der Waals surface area contributed by atoms with Gasteiger partial charge in [0.2, 0.25) is 0 Å². The van der Waals surface area contributed by atoms with Gasteiger partial charge in [-0.25, -0.2) is 0 Å². The minimum Gasteiger partial charge on any atom is -0.497 e. The number of nitrogens with zero attached hydrogens (tertiary/aromatic N) is 2. The van der Waals surface area contributed by atoms with Gasteiger partial charge in [-0.1, -0.05) is 0 Å². The van der Waals surface area contributed by atoms with Crippen LogP contribution in [0.2, 0.25) is 0 Å². The Morgan fingerprint density at radius 1 is 0.963 bits per heavy atom. The zero-order valence-corrected chi connectivity index (χ0v) is 15.5. The van der Waals surface area contributed by atoms with E-state index in [0.717, 1.165) is 31.9 Å². The van der Waals surface area contributed by atoms with E-state index < -0.39 is 0 Å². The van der Waals surface area contributed by atoms with Gasteiger partial charge in [0.1, 0.15) is 19.0 Å². The Labute approximate surface area is 159 Å². The van der Waals surface area contributed by atoms with Gasteiger partial charge in [-0.15, -0.1) is 0 Å². The molecular formula is C21H24N2O4. The zero-order chi connectivity index (χ0) is 18.6. The average Bonchev–Trinajstić information content (AvgIpc) is 2.74. The molecule has 1 fully saturated rings. The minimum absolute atomic E-state index is 0.116. The van der Waals surface area contributed by atoms with Crippen molar-refractivity contribution in [1.29, 1.82) is 0 Å². The lowest BCUT2D eigenvalue weighted by molar-refractivity contribution is 0.0925. The van der Waals surface area contributed by atoms with E-state index in [9.17, 15) is 4.79 Å². The molecule has 0 amide bonds. The van der Waals surface area contributed by atoms with Crippen LogP contribution in [0.25, 0.3) is 0 Å². The van der Waals surface area contributed by atoms with Crippen molar-refractivity contribution in [2.24, 2.45) is 0 Å². The summed E-state index contributed by atoms with van der Waals surface area (Å²) in [6.07, 6.45) is 0. The summed E-state index contributed by atoms with van der Waals surface area (Å²) in [6, 6.07) is 13.6. The van der Waals surface area contributed by atoms with Gasteiger partial charge in [0.05, 0.1) is 13.7 Å². The standard InChI is InChI=1S/C21H24N2O4/c1-25-18-5-3-17(4-6-18)23-10-8-22(9-11-23)15-19(24)16-2-7-20-21(14-16)27-13-12-26-20/h2-7,14H,8-13,15H2,1H3. The quantitative estimate of drug-likeness (QED) is 0.756. The first-order valence-electron chi connectivity index (χ1n) is 9.27. The highest BCUT2D eigenvalue weighted by Crippen LogP contribution is 2.31. The van der Waals surface area contributed by atoms with Crippen LogP contribution < -0.4 is 19.1 Å². The normalized spacial score (nSPS) is 16.9. The summed E-state index contributed by atoms with van der Waals surface area (Å²) < 4.78 is 16.3. The number of carbonyl (C=O) groups is 1. The summed E-state index contributed by atoms with van der Waals surface area (Å²) in [5.41, 5.74) is 1.87. The van der Waals surface area contributed by atoms with Crippen molar-refractivity contribution in [2.45, 2.75) is 0 Å². The maximum absolute atomic E-state index is 12.7. The number of benzene rings is 2. The summed E-state index contributed by atoms with van der Waals surface area (Å²) in [4.78, 5) is 17.2. The van der Waals surface area contributed by atoms with Crippen LogP contribution in [0, 0.1) is 0 Å². The smallest absolute Gasteiger partial charge is 0.176 e. The van der Waals surface area contributed by atoms with Gasteiger partial charge in [0, 0.05) is 37.4 Å². The topological polar surface area (TPSA) is 51.2 Å². The highest BCUT2D eigenvalue weighted by Gasteiger charge is 2.21. The number of ether oxygens (including phenoxy) is 3. The number of hydrogen-bond donors (Lipinski definition) is 0. The Hall–Kier alpha value is -2.73. The third-order valence-electron chi connectivity index (χ3n) is 5.04. The monoisotopic (exact) mass is 368 g/mol. The Morgan fingerprint density at radius 3 is 2.37 bits per heavy atom. The van der Waals surface area contributed by atoms with Crippen molar-refractivity contribution in [3.05, 3.63) is 48.0 Å². The molecule has 2 aromatic rings. The van der Waals surface area contributed by atoms with E-state index in [1.807, 2.05) is 24.3 Å². The molecule has 6 heteroatoms. The second-order valence-corrected chi connectivity index (χ2v) is 6.74. The van der Waals surface area contributed by atoms with E-state index in [1.165, 1.54) is 5.69 Å². The van der Waals surface area contributed by atoms with Crippen LogP contribution >= 0.6 is 0 Å². The number of hydrogen-bond acceptors (Lipinski definition) is 6. The average molecular weight is 368 g/mol. The van der Waals surface area contributed by atoms with Crippen molar-refractivity contribution < 1.29 is 19.0 Å². The number of fused-ring (bicyclic) bond motifs is 1. The van der Waals surface area contributed by atoms with E-state index >= 15 is 0 Å². The number of carbonyl (C=O) groups excluding carboxylic acids is 1. The minimum atomic E-state index is 0.116. The van der Waals surface area contributed by atoms with Crippen molar-refractivity contribution in [1.82, 2.24) is 4.90 Å². The lowest BCUT2D eigenvalue weighted by atomic mass is 10.1. The molecule has 0 atom stereocenters. The molecule has 0 bridgehead atoms. The van der Waals surface area contributed by atoms with Crippen molar-refractivity contribution in [2.75, 3.05) is 57.9 Å². The second kappa shape index (κ2) is 7.88. The zero-order valence-electron chi connectivity index (χ0n) is 15.5. The van der Waals surface area contributed by atoms with Gasteiger partial charge in [-0.2, -0.15) is 0 Å². The molecule has 1 saturated heterocycles. The largest absolute Gasteiger partial charge is 0.497 e. The van der Waals surface area contributed by atoms with Crippen LogP contribution in [0.1, 0.15) is 10.4 Å². The molecule has 2 aliphatic rings. The summed E-state index contributed by atoms with van der Waals surface area (Å²) in [7, 11) is 1.67. The molecule has 0 aromatic heterocycles. The number of anilines is 1. The maximum atomic E-state index is 12.7. The Balaban J connectivity index is 1.32. The molecule has 2 aromatic carbocycles. The first-order valence-corrected chi connectivity index (χ1v) is 9.27. The number of rotatable bonds is 5. The van der Waals surface area contributed by atoms with Crippen LogP contribution in [-0.2, 0) is 0 Å². The summed E-state index contributed by atoms with van der Waals surface area (Å²) in [6.45, 7) is 5.04. The van der Waals surface area contributed by atoms with Crippen LogP contribution in [0.3, 0.4) is 0 Å². The number of piperazine rings is 1. The number of ketones is 1. The first kappa shape index (κ1) is 17.7. The third-order valence-corrected chi connectivity index (χ3v) is 5.04. The SMILES string of the molecule is COc1ccc(N2CCN(CC(=O)c3ccc4c(c3)OCCO4)CC2)cc1. The van der Waals surface area contributed by atoms with Gasteiger partial charge >= 0.3 is 0 Å². The van der Waals surface area contributed by atoms with Crippen LogP contribution in [0.4, 0.5) is 5.69 Å². The van der Waals surface area contributed by atoms with Crippen LogP contribution in [0.15, 0.2) is 42.5 Å². The molecule has 2 aliphatic heterocycles. The maximum Gasteiger partial charge on any atom is 0.176 e. The van der Waals surface area contributed by atoms with Gasteiger partial charge in [0.25, 0.3) is 0 Å². The molecule has 0 spiro atoms. The second-order valence-electron chi connectivity index (χ2n) is 6.74.